The maximum absolute atomic E-state index is 13.3. The summed E-state index contributed by atoms with van der Waals surface area (Å²) in [6.45, 7) is 5.61. The maximum atomic E-state index is 13.3. The number of rotatable bonds is 8. The molecular weight excluding hydrogens is 500 g/mol. The molecule has 3 N–H and O–H groups in total. The number of hydrogen-bond acceptors (Lipinski definition) is 6. The van der Waals surface area contributed by atoms with Crippen molar-refractivity contribution in [3.8, 4) is 23.0 Å². The first-order valence-corrected chi connectivity index (χ1v) is 14.3. The first kappa shape index (κ1) is 27.6. The standard InChI is InChI=1S/C29H34N4O4S/c1-3-5-6-13-32(12-4-2)29(35)25-14-24-11-10-23(16-27(24)31-28(30)17-25)22-8-7-9-26(15-22)38(36,37)33-18-21(19-33)20-34/h7-11,14-16,21,34H,3-4,12-13,17-20H2,1-2H3,(H2,30,31). The molecule has 8 nitrogen and oxygen atoms in total. The zero-order chi connectivity index (χ0) is 27.3. The Kier molecular flexibility index (Phi) is 8.67. The highest BCUT2D eigenvalue weighted by atomic mass is 32.2. The number of nitrogens with two attached hydrogens (primary N) is 1. The second-order valence-electron chi connectivity index (χ2n) is 9.56. The number of aliphatic hydroxyl groups excluding tert-OH is 1. The van der Waals surface area contributed by atoms with Gasteiger partial charge in [0.25, 0.3) is 5.91 Å². The molecule has 9 heteroatoms. The van der Waals surface area contributed by atoms with Crippen molar-refractivity contribution in [1.82, 2.24) is 9.21 Å². The summed E-state index contributed by atoms with van der Waals surface area (Å²) in [6.07, 6.45) is 3.64. The average Bonchev–Trinajstić information content (AvgIpc) is 3.04. The third kappa shape index (κ3) is 5.99. The predicted molar refractivity (Wildman–Crippen MR) is 150 cm³/mol. The predicted octanol–water partition coefficient (Wildman–Crippen LogP) is 3.39. The lowest BCUT2D eigenvalue weighted by Gasteiger charge is -2.36. The van der Waals surface area contributed by atoms with E-state index in [2.05, 4.69) is 16.8 Å². The van der Waals surface area contributed by atoms with E-state index in [1.807, 2.05) is 44.2 Å². The molecule has 0 unspecified atom stereocenters. The number of aliphatic hydroxyl groups is 1. The summed E-state index contributed by atoms with van der Waals surface area (Å²) < 4.78 is 27.4. The highest BCUT2D eigenvalue weighted by Crippen LogP contribution is 2.34. The molecule has 1 amide bonds. The molecule has 0 bridgehead atoms. The minimum Gasteiger partial charge on any atom is -0.396 e. The molecule has 2 aromatic rings. The van der Waals surface area contributed by atoms with Crippen molar-refractivity contribution < 1.29 is 18.3 Å². The summed E-state index contributed by atoms with van der Waals surface area (Å²) in [5.74, 6) is 6.31. The lowest BCUT2D eigenvalue weighted by molar-refractivity contribution is -0.126. The number of amidine groups is 1. The van der Waals surface area contributed by atoms with Gasteiger partial charge < -0.3 is 15.7 Å². The molecule has 0 aliphatic carbocycles. The SMILES string of the molecule is CCC#CCN(CCC)C(=O)C1=Cc2ccc(-c3cccc(S(=O)(=O)N4CC(CO)C4)c3)cc2N=C(N)C1. The second kappa shape index (κ2) is 11.9. The Hall–Kier alpha value is -3.45. The molecule has 2 aliphatic rings. The topological polar surface area (TPSA) is 116 Å². The van der Waals surface area contributed by atoms with Gasteiger partial charge in [-0.1, -0.05) is 44.0 Å². The van der Waals surface area contributed by atoms with E-state index in [9.17, 15) is 18.3 Å². The number of hydrogen-bond donors (Lipinski definition) is 2. The molecule has 0 aromatic heterocycles. The number of carbonyl (C=O) groups is 1. The fourth-order valence-corrected chi connectivity index (χ4v) is 6.17. The van der Waals surface area contributed by atoms with Crippen LogP contribution in [-0.4, -0.2) is 67.3 Å². The molecule has 2 aliphatic heterocycles. The van der Waals surface area contributed by atoms with Crippen molar-refractivity contribution in [2.45, 2.75) is 38.0 Å². The molecule has 1 saturated heterocycles. The van der Waals surface area contributed by atoms with Gasteiger partial charge in [0.2, 0.25) is 10.0 Å². The van der Waals surface area contributed by atoms with Crippen LogP contribution < -0.4 is 5.73 Å². The summed E-state index contributed by atoms with van der Waals surface area (Å²) in [7, 11) is -3.63. The smallest absolute Gasteiger partial charge is 0.251 e. The number of benzene rings is 2. The van der Waals surface area contributed by atoms with E-state index < -0.39 is 10.0 Å². The van der Waals surface area contributed by atoms with Gasteiger partial charge in [0, 0.05) is 56.1 Å². The highest BCUT2D eigenvalue weighted by Gasteiger charge is 2.36. The van der Waals surface area contributed by atoms with Gasteiger partial charge in [-0.25, -0.2) is 13.4 Å². The third-order valence-corrected chi connectivity index (χ3v) is 8.44. The van der Waals surface area contributed by atoms with E-state index in [0.717, 1.165) is 29.5 Å². The van der Waals surface area contributed by atoms with Crippen molar-refractivity contribution in [1.29, 1.82) is 0 Å². The Morgan fingerprint density at radius 3 is 2.63 bits per heavy atom. The van der Waals surface area contributed by atoms with Crippen LogP contribution in [0.5, 0.6) is 0 Å². The number of aliphatic imine (C=N–C) groups is 1. The van der Waals surface area contributed by atoms with Crippen LogP contribution >= 0.6 is 0 Å². The average molecular weight is 535 g/mol. The number of amides is 1. The van der Waals surface area contributed by atoms with E-state index in [1.54, 1.807) is 23.1 Å². The van der Waals surface area contributed by atoms with Crippen LogP contribution in [0.15, 0.2) is 57.9 Å². The Morgan fingerprint density at radius 2 is 1.92 bits per heavy atom. The zero-order valence-corrected chi connectivity index (χ0v) is 22.7. The van der Waals surface area contributed by atoms with Gasteiger partial charge in [-0.2, -0.15) is 4.31 Å². The van der Waals surface area contributed by atoms with Gasteiger partial charge in [-0.15, -0.1) is 5.92 Å². The first-order valence-electron chi connectivity index (χ1n) is 12.9. The molecule has 0 atom stereocenters. The van der Waals surface area contributed by atoms with Gasteiger partial charge in [0.1, 0.15) is 5.84 Å². The molecule has 0 saturated carbocycles. The third-order valence-electron chi connectivity index (χ3n) is 6.61. The van der Waals surface area contributed by atoms with Crippen LogP contribution in [0.2, 0.25) is 0 Å². The van der Waals surface area contributed by atoms with Crippen LogP contribution in [0.25, 0.3) is 17.2 Å². The molecular formula is C29H34N4O4S. The lowest BCUT2D eigenvalue weighted by atomic mass is 10.0. The van der Waals surface area contributed by atoms with Gasteiger partial charge in [0.15, 0.2) is 0 Å². The summed E-state index contributed by atoms with van der Waals surface area (Å²) in [5.41, 5.74) is 9.71. The molecule has 0 radical (unpaired) electrons. The number of sulfonamides is 1. The van der Waals surface area contributed by atoms with Crippen LogP contribution in [0, 0.1) is 17.8 Å². The summed E-state index contributed by atoms with van der Waals surface area (Å²) in [6, 6.07) is 12.4. The minimum absolute atomic E-state index is 0.0102. The number of nitrogens with zero attached hydrogens (tertiary/aromatic N) is 3. The maximum Gasteiger partial charge on any atom is 0.251 e. The van der Waals surface area contributed by atoms with Gasteiger partial charge in [0.05, 0.1) is 17.1 Å². The van der Waals surface area contributed by atoms with Crippen molar-refractivity contribution in [3.63, 3.8) is 0 Å². The Morgan fingerprint density at radius 1 is 1.16 bits per heavy atom. The number of fused-ring (bicyclic) bond motifs is 1. The van der Waals surface area contributed by atoms with Crippen LogP contribution in [0.3, 0.4) is 0 Å². The van der Waals surface area contributed by atoms with Crippen molar-refractivity contribution in [3.05, 3.63) is 53.6 Å². The molecule has 38 heavy (non-hydrogen) atoms. The fraction of sp³-hybridized carbons (Fsp3) is 0.379. The highest BCUT2D eigenvalue weighted by molar-refractivity contribution is 7.89. The molecule has 4 rings (SSSR count). The lowest BCUT2D eigenvalue weighted by Crippen LogP contribution is -2.51. The first-order chi connectivity index (χ1) is 18.3. The van der Waals surface area contributed by atoms with Crippen LogP contribution in [-0.2, 0) is 14.8 Å². The van der Waals surface area contributed by atoms with E-state index in [4.69, 9.17) is 5.73 Å². The second-order valence-corrected chi connectivity index (χ2v) is 11.5. The molecule has 200 valence electrons. The van der Waals surface area contributed by atoms with E-state index in [0.29, 0.717) is 43.3 Å². The molecule has 2 heterocycles. The number of carbonyl (C=O) groups excluding carboxylic acids is 1. The Balaban J connectivity index is 1.62. The fourth-order valence-electron chi connectivity index (χ4n) is 4.53. The Labute approximate surface area is 224 Å². The molecule has 2 aromatic carbocycles. The van der Waals surface area contributed by atoms with E-state index in [1.165, 1.54) is 4.31 Å². The summed E-state index contributed by atoms with van der Waals surface area (Å²) in [4.78, 5) is 19.9. The van der Waals surface area contributed by atoms with Gasteiger partial charge in [-0.3, -0.25) is 4.79 Å². The van der Waals surface area contributed by atoms with Crippen LogP contribution in [0.1, 0.15) is 38.7 Å². The minimum atomic E-state index is -3.63. The van der Waals surface area contributed by atoms with Crippen molar-refractivity contribution >= 4 is 33.5 Å². The largest absolute Gasteiger partial charge is 0.396 e. The molecule has 0 spiro atoms. The monoisotopic (exact) mass is 534 g/mol. The quantitative estimate of drug-likeness (QED) is 0.504. The Bertz CT molecular complexity index is 1430. The summed E-state index contributed by atoms with van der Waals surface area (Å²) in [5, 5.41) is 9.24. The zero-order valence-electron chi connectivity index (χ0n) is 21.9. The van der Waals surface area contributed by atoms with Gasteiger partial charge in [-0.05, 0) is 41.8 Å². The normalized spacial score (nSPS) is 15.8. The van der Waals surface area contributed by atoms with E-state index >= 15 is 0 Å². The molecule has 1 fully saturated rings. The van der Waals surface area contributed by atoms with Crippen LogP contribution in [0.4, 0.5) is 5.69 Å². The van der Waals surface area contributed by atoms with Gasteiger partial charge >= 0.3 is 0 Å². The van der Waals surface area contributed by atoms with E-state index in [-0.39, 0.29) is 29.7 Å². The summed E-state index contributed by atoms with van der Waals surface area (Å²) >= 11 is 0. The van der Waals surface area contributed by atoms with Crippen molar-refractivity contribution in [2.24, 2.45) is 16.6 Å². The van der Waals surface area contributed by atoms with Crippen molar-refractivity contribution in [2.75, 3.05) is 32.8 Å².